The van der Waals surface area contributed by atoms with Gasteiger partial charge in [-0.05, 0) is 43.8 Å². The fraction of sp³-hybridized carbons (Fsp3) is 0.381. The number of carbonyl (C=O) groups is 1. The number of methoxy groups -OCH3 is 1. The van der Waals surface area contributed by atoms with Crippen molar-refractivity contribution in [3.63, 3.8) is 0 Å². The fourth-order valence-corrected chi connectivity index (χ4v) is 2.88. The molecule has 0 aliphatic heterocycles. The molecule has 146 valence electrons. The van der Waals surface area contributed by atoms with E-state index in [1.54, 1.807) is 19.2 Å². The fourth-order valence-electron chi connectivity index (χ4n) is 2.88. The Labute approximate surface area is 161 Å². The van der Waals surface area contributed by atoms with Gasteiger partial charge in [0.05, 0.1) is 12.8 Å². The molecule has 0 spiro atoms. The molecule has 0 fully saturated rings. The molecule has 0 radical (unpaired) electrons. The summed E-state index contributed by atoms with van der Waals surface area (Å²) in [6, 6.07) is 14.4. The standard InChI is InChI=1S/C21H29N3O3/c1-21(2,15-24(3)4)14-22-20(25)23-16-10-6-7-11-17(16)27-19-13-9-8-12-18(19)26-5/h6-13H,14-15H2,1-5H3,(H2,22,23,25). The first kappa shape index (κ1) is 20.6. The molecule has 6 nitrogen and oxygen atoms in total. The van der Waals surface area contributed by atoms with Gasteiger partial charge in [0.1, 0.15) is 0 Å². The SMILES string of the molecule is COc1ccccc1Oc1ccccc1NC(=O)NCC(C)(C)CN(C)C. The van der Waals surface area contributed by atoms with Crippen LogP contribution in [-0.4, -0.2) is 45.2 Å². The maximum Gasteiger partial charge on any atom is 0.319 e. The van der Waals surface area contributed by atoms with E-state index in [1.165, 1.54) is 0 Å². The smallest absolute Gasteiger partial charge is 0.319 e. The van der Waals surface area contributed by atoms with Crippen molar-refractivity contribution in [2.75, 3.05) is 39.6 Å². The van der Waals surface area contributed by atoms with E-state index >= 15 is 0 Å². The number of anilines is 1. The monoisotopic (exact) mass is 371 g/mol. The van der Waals surface area contributed by atoms with E-state index in [9.17, 15) is 4.79 Å². The summed E-state index contributed by atoms with van der Waals surface area (Å²) in [5, 5.41) is 5.80. The lowest BCUT2D eigenvalue weighted by Gasteiger charge is -2.28. The molecular formula is C21H29N3O3. The summed E-state index contributed by atoms with van der Waals surface area (Å²) in [4.78, 5) is 14.5. The summed E-state index contributed by atoms with van der Waals surface area (Å²) in [6.45, 7) is 5.67. The van der Waals surface area contributed by atoms with Crippen LogP contribution in [0.2, 0.25) is 0 Å². The number of carbonyl (C=O) groups excluding carboxylic acids is 1. The number of urea groups is 1. The topological polar surface area (TPSA) is 62.8 Å². The zero-order valence-electron chi connectivity index (χ0n) is 16.7. The Morgan fingerprint density at radius 3 is 2.22 bits per heavy atom. The number of nitrogens with zero attached hydrogens (tertiary/aromatic N) is 1. The van der Waals surface area contributed by atoms with Crippen molar-refractivity contribution in [2.45, 2.75) is 13.8 Å². The Hall–Kier alpha value is -2.73. The van der Waals surface area contributed by atoms with Crippen LogP contribution in [0.25, 0.3) is 0 Å². The Balaban J connectivity index is 2.04. The predicted octanol–water partition coefficient (Wildman–Crippen LogP) is 4.20. The van der Waals surface area contributed by atoms with Crippen LogP contribution in [0.15, 0.2) is 48.5 Å². The maximum absolute atomic E-state index is 12.4. The van der Waals surface area contributed by atoms with Crippen molar-refractivity contribution in [3.8, 4) is 17.2 Å². The first-order valence-electron chi connectivity index (χ1n) is 8.90. The Bertz CT molecular complexity index is 760. The van der Waals surface area contributed by atoms with Crippen molar-refractivity contribution in [1.82, 2.24) is 10.2 Å². The third kappa shape index (κ3) is 6.49. The van der Waals surface area contributed by atoms with Gasteiger partial charge in [0.15, 0.2) is 17.2 Å². The van der Waals surface area contributed by atoms with Crippen LogP contribution in [0, 0.1) is 5.41 Å². The van der Waals surface area contributed by atoms with Crippen molar-refractivity contribution in [1.29, 1.82) is 0 Å². The molecule has 27 heavy (non-hydrogen) atoms. The molecule has 0 aliphatic carbocycles. The first-order chi connectivity index (χ1) is 12.8. The van der Waals surface area contributed by atoms with Crippen LogP contribution in [0.5, 0.6) is 17.2 Å². The minimum Gasteiger partial charge on any atom is -0.493 e. The molecule has 0 heterocycles. The third-order valence-corrected chi connectivity index (χ3v) is 3.90. The summed E-state index contributed by atoms with van der Waals surface area (Å²) in [5.41, 5.74) is 0.556. The highest BCUT2D eigenvalue weighted by Gasteiger charge is 2.20. The number of amides is 2. The normalized spacial score (nSPS) is 11.2. The van der Waals surface area contributed by atoms with E-state index in [2.05, 4.69) is 29.4 Å². The van der Waals surface area contributed by atoms with E-state index in [4.69, 9.17) is 9.47 Å². The predicted molar refractivity (Wildman–Crippen MR) is 109 cm³/mol. The average Bonchev–Trinajstić information content (AvgIpc) is 2.61. The molecule has 2 rings (SSSR count). The summed E-state index contributed by atoms with van der Waals surface area (Å²) >= 11 is 0. The zero-order valence-corrected chi connectivity index (χ0v) is 16.7. The van der Waals surface area contributed by atoms with Crippen LogP contribution < -0.4 is 20.1 Å². The molecule has 2 aromatic rings. The lowest BCUT2D eigenvalue weighted by molar-refractivity contribution is 0.222. The summed E-state index contributed by atoms with van der Waals surface area (Å²) < 4.78 is 11.3. The Morgan fingerprint density at radius 1 is 1.00 bits per heavy atom. The summed E-state index contributed by atoms with van der Waals surface area (Å²) in [5.74, 6) is 1.76. The third-order valence-electron chi connectivity index (χ3n) is 3.90. The highest BCUT2D eigenvalue weighted by atomic mass is 16.5. The molecule has 2 amide bonds. The molecule has 0 saturated carbocycles. The molecule has 0 unspecified atom stereocenters. The van der Waals surface area contributed by atoms with Crippen LogP contribution in [0.3, 0.4) is 0 Å². The highest BCUT2D eigenvalue weighted by Crippen LogP contribution is 2.34. The van der Waals surface area contributed by atoms with Crippen LogP contribution in [-0.2, 0) is 0 Å². The average molecular weight is 371 g/mol. The Morgan fingerprint density at radius 2 is 1.59 bits per heavy atom. The number of rotatable bonds is 8. The van der Waals surface area contributed by atoms with Gasteiger partial charge in [0.2, 0.25) is 0 Å². The summed E-state index contributed by atoms with van der Waals surface area (Å²) in [7, 11) is 5.63. The van der Waals surface area contributed by atoms with E-state index < -0.39 is 0 Å². The Kier molecular flexibility index (Phi) is 7.07. The lowest BCUT2D eigenvalue weighted by Crippen LogP contribution is -2.41. The lowest BCUT2D eigenvalue weighted by atomic mass is 9.93. The number of nitrogens with one attached hydrogen (secondary N) is 2. The molecule has 2 aromatic carbocycles. The van der Waals surface area contributed by atoms with Gasteiger partial charge in [0.25, 0.3) is 0 Å². The second kappa shape index (κ2) is 9.28. The minimum atomic E-state index is -0.266. The molecule has 6 heteroatoms. The molecule has 0 aromatic heterocycles. The molecular weight excluding hydrogens is 342 g/mol. The van der Waals surface area contributed by atoms with E-state index in [1.807, 2.05) is 50.5 Å². The van der Waals surface area contributed by atoms with Gasteiger partial charge in [-0.25, -0.2) is 4.79 Å². The second-order valence-corrected chi connectivity index (χ2v) is 7.46. The van der Waals surface area contributed by atoms with Gasteiger partial charge in [-0.1, -0.05) is 38.1 Å². The molecule has 0 aliphatic rings. The quantitative estimate of drug-likeness (QED) is 0.730. The van der Waals surface area contributed by atoms with Crippen molar-refractivity contribution >= 4 is 11.7 Å². The second-order valence-electron chi connectivity index (χ2n) is 7.46. The van der Waals surface area contributed by atoms with Crippen molar-refractivity contribution in [2.24, 2.45) is 5.41 Å². The van der Waals surface area contributed by atoms with Crippen LogP contribution in [0.4, 0.5) is 10.5 Å². The number of benzene rings is 2. The highest BCUT2D eigenvalue weighted by molar-refractivity contribution is 5.91. The van der Waals surface area contributed by atoms with Crippen molar-refractivity contribution in [3.05, 3.63) is 48.5 Å². The van der Waals surface area contributed by atoms with Gasteiger partial charge in [-0.15, -0.1) is 0 Å². The number of hydrogen-bond donors (Lipinski definition) is 2. The van der Waals surface area contributed by atoms with Crippen LogP contribution >= 0.6 is 0 Å². The van der Waals surface area contributed by atoms with Gasteiger partial charge < -0.3 is 25.0 Å². The van der Waals surface area contributed by atoms with Gasteiger partial charge in [0, 0.05) is 13.1 Å². The first-order valence-corrected chi connectivity index (χ1v) is 8.90. The van der Waals surface area contributed by atoms with E-state index in [0.717, 1.165) is 6.54 Å². The minimum absolute atomic E-state index is 0.0335. The number of para-hydroxylation sites is 4. The van der Waals surface area contributed by atoms with E-state index in [0.29, 0.717) is 29.5 Å². The molecule has 0 bridgehead atoms. The van der Waals surface area contributed by atoms with Gasteiger partial charge in [-0.2, -0.15) is 0 Å². The molecule has 2 N–H and O–H groups in total. The largest absolute Gasteiger partial charge is 0.493 e. The van der Waals surface area contributed by atoms with Crippen LogP contribution in [0.1, 0.15) is 13.8 Å². The molecule has 0 saturated heterocycles. The van der Waals surface area contributed by atoms with Gasteiger partial charge in [-0.3, -0.25) is 0 Å². The van der Waals surface area contributed by atoms with E-state index in [-0.39, 0.29) is 11.4 Å². The zero-order chi connectivity index (χ0) is 19.9. The molecule has 0 atom stereocenters. The number of ether oxygens (including phenoxy) is 2. The maximum atomic E-state index is 12.4. The summed E-state index contributed by atoms with van der Waals surface area (Å²) in [6.07, 6.45) is 0. The number of hydrogen-bond acceptors (Lipinski definition) is 4. The van der Waals surface area contributed by atoms with Gasteiger partial charge >= 0.3 is 6.03 Å². The van der Waals surface area contributed by atoms with Crippen molar-refractivity contribution < 1.29 is 14.3 Å².